The molecule has 0 bridgehead atoms. The lowest BCUT2D eigenvalue weighted by atomic mass is 9.77. The number of hydrogen-bond acceptors (Lipinski definition) is 5. The number of para-hydroxylation sites is 1. The molecular weight excluding hydrogens is 356 g/mol. The first kappa shape index (κ1) is 17.9. The van der Waals surface area contributed by atoms with Gasteiger partial charge in [-0.1, -0.05) is 49.4 Å². The summed E-state index contributed by atoms with van der Waals surface area (Å²) in [6.45, 7) is 3.52. The molecule has 2 aromatic rings. The van der Waals surface area contributed by atoms with Crippen LogP contribution in [0.3, 0.4) is 0 Å². The summed E-state index contributed by atoms with van der Waals surface area (Å²) in [5.41, 5.74) is 3.63. The number of nitrogens with one attached hydrogen (secondary N) is 1. The Morgan fingerprint density at radius 3 is 2.43 bits per heavy atom. The summed E-state index contributed by atoms with van der Waals surface area (Å²) in [6, 6.07) is 13.5. The van der Waals surface area contributed by atoms with Crippen LogP contribution in [0.15, 0.2) is 65.4 Å². The maximum Gasteiger partial charge on any atom is 0.273 e. The first-order valence-corrected chi connectivity index (χ1v) is 9.08. The van der Waals surface area contributed by atoms with Crippen LogP contribution in [0.25, 0.3) is 5.70 Å². The van der Waals surface area contributed by atoms with Crippen LogP contribution < -0.4 is 5.32 Å². The van der Waals surface area contributed by atoms with Crippen LogP contribution >= 0.6 is 0 Å². The number of nitro groups is 1. The zero-order valence-electron chi connectivity index (χ0n) is 15.5. The zero-order valence-corrected chi connectivity index (χ0v) is 15.5. The van der Waals surface area contributed by atoms with E-state index in [1.54, 1.807) is 44.2 Å². The van der Waals surface area contributed by atoms with E-state index in [-0.39, 0.29) is 23.7 Å². The Balaban J connectivity index is 2.02. The fourth-order valence-electron chi connectivity index (χ4n) is 4.10. The molecule has 2 aliphatic rings. The number of nitro benzene ring substituents is 1. The van der Waals surface area contributed by atoms with Gasteiger partial charge in [0.05, 0.1) is 16.5 Å². The fraction of sp³-hybridized carbons (Fsp3) is 0.182. The van der Waals surface area contributed by atoms with Crippen molar-refractivity contribution in [3.05, 3.63) is 92.2 Å². The second-order valence-corrected chi connectivity index (χ2v) is 6.85. The maximum absolute atomic E-state index is 13.3. The van der Waals surface area contributed by atoms with Gasteiger partial charge in [-0.05, 0) is 6.92 Å². The molecule has 0 saturated carbocycles. The molecule has 1 heterocycles. The van der Waals surface area contributed by atoms with Gasteiger partial charge in [0.15, 0.2) is 11.6 Å². The van der Waals surface area contributed by atoms with Gasteiger partial charge in [-0.2, -0.15) is 0 Å². The Kier molecular flexibility index (Phi) is 4.19. The molecule has 28 heavy (non-hydrogen) atoms. The van der Waals surface area contributed by atoms with Gasteiger partial charge in [0.25, 0.3) is 5.69 Å². The predicted molar refractivity (Wildman–Crippen MR) is 105 cm³/mol. The topological polar surface area (TPSA) is 89.3 Å². The van der Waals surface area contributed by atoms with Gasteiger partial charge >= 0.3 is 0 Å². The van der Waals surface area contributed by atoms with Gasteiger partial charge in [0.2, 0.25) is 0 Å². The van der Waals surface area contributed by atoms with E-state index in [1.807, 2.05) is 12.1 Å². The SMILES string of the molecule is CCC(=O)C1=C(C)NC2=C(C(=O)c3ccccc32)[C@@H]1c1ccccc1[N+](=O)[O-]. The smallest absolute Gasteiger partial charge is 0.273 e. The minimum Gasteiger partial charge on any atom is -0.358 e. The fourth-order valence-corrected chi connectivity index (χ4v) is 4.10. The maximum atomic E-state index is 13.3. The molecule has 0 aromatic heterocycles. The van der Waals surface area contributed by atoms with Gasteiger partial charge < -0.3 is 5.32 Å². The summed E-state index contributed by atoms with van der Waals surface area (Å²) in [5.74, 6) is -1.11. The Hall–Kier alpha value is -3.54. The van der Waals surface area contributed by atoms with Crippen molar-refractivity contribution in [2.24, 2.45) is 0 Å². The molecule has 0 saturated heterocycles. The molecule has 0 amide bonds. The second-order valence-electron chi connectivity index (χ2n) is 6.85. The molecule has 0 radical (unpaired) electrons. The van der Waals surface area contributed by atoms with E-state index in [0.29, 0.717) is 33.7 Å². The number of hydrogen-bond donors (Lipinski definition) is 1. The van der Waals surface area contributed by atoms with Crippen molar-refractivity contribution in [1.82, 2.24) is 5.32 Å². The van der Waals surface area contributed by atoms with Gasteiger partial charge in [0.1, 0.15) is 0 Å². The minimum absolute atomic E-state index is 0.0980. The number of ketones is 2. The molecule has 0 fully saturated rings. The summed E-state index contributed by atoms with van der Waals surface area (Å²) in [7, 11) is 0. The molecule has 1 N–H and O–H groups in total. The summed E-state index contributed by atoms with van der Waals surface area (Å²) in [4.78, 5) is 37.3. The van der Waals surface area contributed by atoms with E-state index in [9.17, 15) is 19.7 Å². The molecule has 0 unspecified atom stereocenters. The van der Waals surface area contributed by atoms with Crippen LogP contribution in [-0.2, 0) is 4.79 Å². The quantitative estimate of drug-likeness (QED) is 0.642. The largest absolute Gasteiger partial charge is 0.358 e. The Morgan fingerprint density at radius 1 is 1.11 bits per heavy atom. The van der Waals surface area contributed by atoms with Gasteiger partial charge in [-0.25, -0.2) is 0 Å². The van der Waals surface area contributed by atoms with Gasteiger partial charge in [-0.15, -0.1) is 0 Å². The van der Waals surface area contributed by atoms with Crippen molar-refractivity contribution in [3.63, 3.8) is 0 Å². The molecule has 140 valence electrons. The summed E-state index contributed by atoms with van der Waals surface area (Å²) in [6.07, 6.45) is 0.245. The lowest BCUT2D eigenvalue weighted by Crippen LogP contribution is -2.28. The third kappa shape index (κ3) is 2.49. The third-order valence-corrected chi connectivity index (χ3v) is 5.31. The number of nitrogens with zero attached hydrogens (tertiary/aromatic N) is 1. The molecule has 1 aliphatic carbocycles. The van der Waals surface area contributed by atoms with E-state index in [2.05, 4.69) is 5.32 Å². The number of Topliss-reactive ketones (excluding diaryl/α,β-unsaturated/α-hetero) is 2. The first-order chi connectivity index (χ1) is 13.5. The number of carbonyl (C=O) groups excluding carboxylic acids is 2. The highest BCUT2D eigenvalue weighted by atomic mass is 16.6. The number of benzene rings is 2. The van der Waals surface area contributed by atoms with Gasteiger partial charge in [-0.3, -0.25) is 19.7 Å². The standard InChI is InChI=1S/C22H18N2O4/c1-3-17(25)18-12(2)23-21-13-8-4-5-9-14(13)22(26)20(21)19(18)15-10-6-7-11-16(15)24(27)28/h4-11,19,23H,3H2,1-2H3/t19-/m1/s1. The number of rotatable bonds is 4. The molecule has 4 rings (SSSR count). The van der Waals surface area contributed by atoms with Crippen LogP contribution in [0, 0.1) is 10.1 Å². The van der Waals surface area contributed by atoms with E-state index in [4.69, 9.17) is 0 Å². The van der Waals surface area contributed by atoms with Crippen molar-refractivity contribution in [3.8, 4) is 0 Å². The molecule has 0 spiro atoms. The number of dihydropyridines is 1. The highest BCUT2D eigenvalue weighted by Gasteiger charge is 2.43. The average Bonchev–Trinajstić information content (AvgIpc) is 2.98. The first-order valence-electron chi connectivity index (χ1n) is 9.08. The van der Waals surface area contributed by atoms with Crippen molar-refractivity contribution < 1.29 is 14.5 Å². The molecule has 2 aromatic carbocycles. The Labute approximate surface area is 161 Å². The third-order valence-electron chi connectivity index (χ3n) is 5.31. The van der Waals surface area contributed by atoms with Crippen LogP contribution in [-0.4, -0.2) is 16.5 Å². The lowest BCUT2D eigenvalue weighted by molar-refractivity contribution is -0.385. The normalized spacial score (nSPS) is 17.9. The number of carbonyl (C=O) groups is 2. The van der Waals surface area contributed by atoms with Crippen molar-refractivity contribution >= 4 is 23.0 Å². The van der Waals surface area contributed by atoms with E-state index < -0.39 is 10.8 Å². The molecule has 1 atom stereocenters. The lowest BCUT2D eigenvalue weighted by Gasteiger charge is -2.29. The number of allylic oxidation sites excluding steroid dienone is 3. The monoisotopic (exact) mass is 374 g/mol. The van der Waals surface area contributed by atoms with Crippen molar-refractivity contribution in [2.45, 2.75) is 26.2 Å². The Morgan fingerprint density at radius 2 is 1.75 bits per heavy atom. The molecule has 6 heteroatoms. The van der Waals surface area contributed by atoms with E-state index in [0.717, 1.165) is 5.56 Å². The summed E-state index contributed by atoms with van der Waals surface area (Å²) >= 11 is 0. The molecule has 6 nitrogen and oxygen atoms in total. The van der Waals surface area contributed by atoms with Gasteiger partial charge in [0, 0.05) is 46.0 Å². The predicted octanol–water partition coefficient (Wildman–Crippen LogP) is 4.14. The summed E-state index contributed by atoms with van der Waals surface area (Å²) in [5, 5.41) is 14.9. The van der Waals surface area contributed by atoms with Crippen LogP contribution in [0.5, 0.6) is 0 Å². The molecule has 1 aliphatic heterocycles. The van der Waals surface area contributed by atoms with Crippen LogP contribution in [0.1, 0.15) is 47.7 Å². The van der Waals surface area contributed by atoms with Crippen molar-refractivity contribution in [1.29, 1.82) is 0 Å². The van der Waals surface area contributed by atoms with E-state index in [1.165, 1.54) is 6.07 Å². The number of fused-ring (bicyclic) bond motifs is 2. The van der Waals surface area contributed by atoms with Crippen LogP contribution in [0.2, 0.25) is 0 Å². The minimum atomic E-state index is -0.773. The highest BCUT2D eigenvalue weighted by molar-refractivity contribution is 6.23. The molecular formula is C22H18N2O4. The highest BCUT2D eigenvalue weighted by Crippen LogP contribution is 2.48. The zero-order chi connectivity index (χ0) is 20.0. The second kappa shape index (κ2) is 6.56. The van der Waals surface area contributed by atoms with Crippen LogP contribution in [0.4, 0.5) is 5.69 Å². The van der Waals surface area contributed by atoms with E-state index >= 15 is 0 Å². The van der Waals surface area contributed by atoms with Crippen molar-refractivity contribution in [2.75, 3.05) is 0 Å². The average molecular weight is 374 g/mol. The summed E-state index contributed by atoms with van der Waals surface area (Å²) < 4.78 is 0. The Bertz CT molecular complexity index is 1110.